The summed E-state index contributed by atoms with van der Waals surface area (Å²) in [4.78, 5) is 37.7. The third kappa shape index (κ3) is 3.01. The minimum Gasteiger partial charge on any atom is -0.481 e. The summed E-state index contributed by atoms with van der Waals surface area (Å²) in [6.07, 6.45) is 1.22. The number of carboxylic acids is 1. The van der Waals surface area contributed by atoms with Crippen LogP contribution >= 0.6 is 0 Å². The Morgan fingerprint density at radius 1 is 1.25 bits per heavy atom. The van der Waals surface area contributed by atoms with E-state index in [9.17, 15) is 14.4 Å². The van der Waals surface area contributed by atoms with Crippen LogP contribution in [-0.4, -0.2) is 71.7 Å². The van der Waals surface area contributed by atoms with E-state index in [-0.39, 0.29) is 19.2 Å². The van der Waals surface area contributed by atoms with Crippen molar-refractivity contribution in [2.45, 2.75) is 18.9 Å². The molecule has 0 radical (unpaired) electrons. The summed E-state index contributed by atoms with van der Waals surface area (Å²) in [5.74, 6) is -2.04. The molecule has 3 amide bonds. The Kier molecular flexibility index (Phi) is 4.43. The summed E-state index contributed by atoms with van der Waals surface area (Å²) < 4.78 is 5.16. The minimum atomic E-state index is -0.893. The van der Waals surface area contributed by atoms with Crippen LogP contribution in [0, 0.1) is 5.92 Å². The number of carbonyl (C=O) groups excluding carboxylic acids is 2. The van der Waals surface area contributed by atoms with Gasteiger partial charge in [0.05, 0.1) is 19.1 Å². The maximum atomic E-state index is 12.4. The molecule has 3 N–H and O–H groups in total. The van der Waals surface area contributed by atoms with Crippen LogP contribution in [0.1, 0.15) is 12.8 Å². The highest BCUT2D eigenvalue weighted by molar-refractivity contribution is 5.86. The first-order valence-corrected chi connectivity index (χ1v) is 6.66. The zero-order valence-corrected chi connectivity index (χ0v) is 11.2. The number of nitrogens with zero attached hydrogens (tertiary/aromatic N) is 2. The fourth-order valence-electron chi connectivity index (χ4n) is 2.60. The van der Waals surface area contributed by atoms with Crippen LogP contribution in [0.2, 0.25) is 0 Å². The van der Waals surface area contributed by atoms with Crippen molar-refractivity contribution < 1.29 is 24.2 Å². The Hall–Kier alpha value is -1.83. The van der Waals surface area contributed by atoms with E-state index in [4.69, 9.17) is 15.6 Å². The normalized spacial score (nSPS) is 27.2. The van der Waals surface area contributed by atoms with Gasteiger partial charge in [-0.15, -0.1) is 0 Å². The molecule has 0 saturated carbocycles. The third-order valence-corrected chi connectivity index (χ3v) is 3.74. The van der Waals surface area contributed by atoms with Gasteiger partial charge in [0.25, 0.3) is 0 Å². The standard InChI is InChI=1S/C12H19N3O5/c13-10(16)9-7-20-5-4-15(9)12(19)14-3-1-2-8(6-14)11(17)18/h8-9H,1-7H2,(H2,13,16)(H,17,18)/t8-,9?/m1/s1. The zero-order valence-electron chi connectivity index (χ0n) is 11.2. The summed E-state index contributed by atoms with van der Waals surface area (Å²) in [6, 6.07) is -1.11. The van der Waals surface area contributed by atoms with Crippen molar-refractivity contribution in [2.24, 2.45) is 11.7 Å². The van der Waals surface area contributed by atoms with Crippen LogP contribution in [0.25, 0.3) is 0 Å². The predicted octanol–water partition coefficient (Wildman–Crippen LogP) is -0.911. The lowest BCUT2D eigenvalue weighted by Crippen LogP contribution is -2.59. The van der Waals surface area contributed by atoms with Gasteiger partial charge in [0.1, 0.15) is 6.04 Å². The second kappa shape index (κ2) is 6.08. The Bertz CT molecular complexity index is 414. The predicted molar refractivity (Wildman–Crippen MR) is 67.8 cm³/mol. The van der Waals surface area contributed by atoms with Crippen molar-refractivity contribution in [3.63, 3.8) is 0 Å². The van der Waals surface area contributed by atoms with E-state index >= 15 is 0 Å². The molecule has 0 spiro atoms. The smallest absolute Gasteiger partial charge is 0.320 e. The van der Waals surface area contributed by atoms with E-state index in [1.165, 1.54) is 9.80 Å². The largest absolute Gasteiger partial charge is 0.481 e. The monoisotopic (exact) mass is 285 g/mol. The molecule has 2 aliphatic rings. The van der Waals surface area contributed by atoms with Crippen molar-refractivity contribution in [1.82, 2.24) is 9.80 Å². The molecular formula is C12H19N3O5. The fraction of sp³-hybridized carbons (Fsp3) is 0.750. The second-order valence-electron chi connectivity index (χ2n) is 5.09. The first-order chi connectivity index (χ1) is 9.50. The van der Waals surface area contributed by atoms with Gasteiger partial charge >= 0.3 is 12.0 Å². The molecule has 2 heterocycles. The molecule has 20 heavy (non-hydrogen) atoms. The quantitative estimate of drug-likeness (QED) is 0.682. The van der Waals surface area contributed by atoms with Crippen LogP contribution in [0.15, 0.2) is 0 Å². The molecule has 0 aromatic carbocycles. The lowest BCUT2D eigenvalue weighted by atomic mass is 9.98. The number of morpholine rings is 1. The molecule has 0 aromatic heterocycles. The van der Waals surface area contributed by atoms with E-state index in [2.05, 4.69) is 0 Å². The second-order valence-corrected chi connectivity index (χ2v) is 5.09. The van der Waals surface area contributed by atoms with Gasteiger partial charge in [-0.05, 0) is 12.8 Å². The van der Waals surface area contributed by atoms with Gasteiger partial charge in [0.2, 0.25) is 5.91 Å². The maximum absolute atomic E-state index is 12.4. The first kappa shape index (κ1) is 14.6. The van der Waals surface area contributed by atoms with Crippen molar-refractivity contribution >= 4 is 17.9 Å². The SMILES string of the molecule is NC(=O)C1COCCN1C(=O)N1CCC[C@@H](C(=O)O)C1. The molecule has 8 nitrogen and oxygen atoms in total. The third-order valence-electron chi connectivity index (χ3n) is 3.74. The number of nitrogens with two attached hydrogens (primary N) is 1. The lowest BCUT2D eigenvalue weighted by molar-refractivity contribution is -0.143. The van der Waals surface area contributed by atoms with Crippen LogP contribution < -0.4 is 5.73 Å². The molecule has 2 fully saturated rings. The van der Waals surface area contributed by atoms with Crippen LogP contribution in [0.4, 0.5) is 4.79 Å². The molecule has 8 heteroatoms. The average Bonchev–Trinajstić information content (AvgIpc) is 2.46. The summed E-state index contributed by atoms with van der Waals surface area (Å²) in [6.45, 7) is 1.42. The van der Waals surface area contributed by atoms with Gasteiger partial charge in [-0.2, -0.15) is 0 Å². The van der Waals surface area contributed by atoms with Crippen molar-refractivity contribution in [3.8, 4) is 0 Å². The number of aliphatic carboxylic acids is 1. The highest BCUT2D eigenvalue weighted by atomic mass is 16.5. The number of rotatable bonds is 2. The molecule has 2 atom stereocenters. The topological polar surface area (TPSA) is 113 Å². The number of likely N-dealkylation sites (tertiary alicyclic amines) is 1. The highest BCUT2D eigenvalue weighted by Gasteiger charge is 2.36. The first-order valence-electron chi connectivity index (χ1n) is 6.66. The molecular weight excluding hydrogens is 266 g/mol. The Morgan fingerprint density at radius 3 is 2.65 bits per heavy atom. The number of carboxylic acid groups (broad SMARTS) is 1. The van der Waals surface area contributed by atoms with Gasteiger partial charge in [0.15, 0.2) is 0 Å². The van der Waals surface area contributed by atoms with E-state index < -0.39 is 23.8 Å². The molecule has 112 valence electrons. The van der Waals surface area contributed by atoms with E-state index in [1.807, 2.05) is 0 Å². The molecule has 0 aromatic rings. The van der Waals surface area contributed by atoms with Crippen molar-refractivity contribution in [2.75, 3.05) is 32.8 Å². The van der Waals surface area contributed by atoms with Gasteiger partial charge in [-0.1, -0.05) is 0 Å². The Labute approximate surface area is 116 Å². The van der Waals surface area contributed by atoms with Crippen LogP contribution in [0.5, 0.6) is 0 Å². The summed E-state index contributed by atoms with van der Waals surface area (Å²) in [5, 5.41) is 9.04. The summed E-state index contributed by atoms with van der Waals surface area (Å²) >= 11 is 0. The fourth-order valence-corrected chi connectivity index (χ4v) is 2.60. The Morgan fingerprint density at radius 2 is 2.00 bits per heavy atom. The van der Waals surface area contributed by atoms with E-state index in [0.717, 1.165) is 0 Å². The van der Waals surface area contributed by atoms with Crippen LogP contribution in [0.3, 0.4) is 0 Å². The highest BCUT2D eigenvalue weighted by Crippen LogP contribution is 2.19. The van der Waals surface area contributed by atoms with Gasteiger partial charge in [-0.25, -0.2) is 4.79 Å². The number of piperidine rings is 1. The van der Waals surface area contributed by atoms with Gasteiger partial charge < -0.3 is 25.4 Å². The molecule has 0 aliphatic carbocycles. The van der Waals surface area contributed by atoms with E-state index in [1.54, 1.807) is 0 Å². The molecule has 1 unspecified atom stereocenters. The molecule has 2 rings (SSSR count). The van der Waals surface area contributed by atoms with Crippen molar-refractivity contribution in [3.05, 3.63) is 0 Å². The minimum absolute atomic E-state index is 0.0945. The molecule has 2 aliphatic heterocycles. The number of amides is 3. The lowest BCUT2D eigenvalue weighted by Gasteiger charge is -2.39. The number of hydrogen-bond donors (Lipinski definition) is 2. The average molecular weight is 285 g/mol. The number of carbonyl (C=O) groups is 3. The molecule has 0 bridgehead atoms. The van der Waals surface area contributed by atoms with Crippen molar-refractivity contribution in [1.29, 1.82) is 0 Å². The zero-order chi connectivity index (χ0) is 14.7. The molecule has 2 saturated heterocycles. The maximum Gasteiger partial charge on any atom is 0.320 e. The number of hydrogen-bond acceptors (Lipinski definition) is 4. The van der Waals surface area contributed by atoms with Gasteiger partial charge in [0, 0.05) is 19.6 Å². The number of urea groups is 1. The van der Waals surface area contributed by atoms with Crippen LogP contribution in [-0.2, 0) is 14.3 Å². The Balaban J connectivity index is 2.05. The number of primary amides is 1. The summed E-state index contributed by atoms with van der Waals surface area (Å²) in [7, 11) is 0. The van der Waals surface area contributed by atoms with Gasteiger partial charge in [-0.3, -0.25) is 9.59 Å². The van der Waals surface area contributed by atoms with E-state index in [0.29, 0.717) is 32.5 Å². The number of ether oxygens (including phenoxy) is 1. The summed E-state index contributed by atoms with van der Waals surface area (Å²) in [5.41, 5.74) is 5.27.